The predicted octanol–water partition coefficient (Wildman–Crippen LogP) is 2.39. The van der Waals surface area contributed by atoms with Crippen molar-refractivity contribution in [2.45, 2.75) is 13.8 Å². The third-order valence-electron chi connectivity index (χ3n) is 2.70. The van der Waals surface area contributed by atoms with Crippen LogP contribution in [0, 0.1) is 0 Å². The van der Waals surface area contributed by atoms with Gasteiger partial charge in [0.05, 0.1) is 13.1 Å². The number of nitrogens with zero attached hydrogens (tertiary/aromatic N) is 1. The van der Waals surface area contributed by atoms with Crippen LogP contribution >= 0.6 is 23.2 Å². The van der Waals surface area contributed by atoms with Crippen molar-refractivity contribution in [2.24, 2.45) is 0 Å². The topological polar surface area (TPSA) is 61.4 Å². The van der Waals surface area contributed by atoms with E-state index in [1.54, 1.807) is 23.1 Å². The van der Waals surface area contributed by atoms with Gasteiger partial charge in [-0.05, 0) is 31.7 Å². The number of likely N-dealkylation sites (N-methyl/N-ethyl adjacent to an activating group) is 2. The van der Waals surface area contributed by atoms with E-state index in [1.807, 2.05) is 13.8 Å². The molecule has 0 unspecified atom stereocenters. The van der Waals surface area contributed by atoms with E-state index in [0.29, 0.717) is 28.8 Å². The zero-order valence-corrected chi connectivity index (χ0v) is 13.6. The van der Waals surface area contributed by atoms with Gasteiger partial charge in [0.1, 0.15) is 0 Å². The summed E-state index contributed by atoms with van der Waals surface area (Å²) in [7, 11) is 0. The summed E-state index contributed by atoms with van der Waals surface area (Å²) in [6.07, 6.45) is 0. The first-order valence-corrected chi connectivity index (χ1v) is 7.45. The van der Waals surface area contributed by atoms with E-state index in [0.717, 1.165) is 0 Å². The highest BCUT2D eigenvalue weighted by Gasteiger charge is 2.13. The maximum Gasteiger partial charge on any atom is 0.238 e. The molecule has 0 radical (unpaired) electrons. The van der Waals surface area contributed by atoms with Crippen molar-refractivity contribution in [2.75, 3.05) is 31.5 Å². The number of hydrogen-bond donors (Lipinski definition) is 2. The molecule has 7 heteroatoms. The van der Waals surface area contributed by atoms with Gasteiger partial charge in [0.15, 0.2) is 0 Å². The van der Waals surface area contributed by atoms with Gasteiger partial charge < -0.3 is 10.6 Å². The van der Waals surface area contributed by atoms with Gasteiger partial charge in [-0.1, -0.05) is 30.1 Å². The smallest absolute Gasteiger partial charge is 0.238 e. The number of carbonyl (C=O) groups is 2. The molecule has 0 aliphatic rings. The molecule has 21 heavy (non-hydrogen) atoms. The highest BCUT2D eigenvalue weighted by Crippen LogP contribution is 2.22. The largest absolute Gasteiger partial charge is 0.355 e. The molecule has 1 aromatic rings. The van der Waals surface area contributed by atoms with Gasteiger partial charge in [-0.3, -0.25) is 14.5 Å². The fraction of sp³-hybridized carbons (Fsp3) is 0.429. The Bertz CT molecular complexity index is 489. The monoisotopic (exact) mass is 331 g/mol. The molecule has 1 rings (SSSR count). The van der Waals surface area contributed by atoms with Crippen molar-refractivity contribution in [3.8, 4) is 0 Å². The van der Waals surface area contributed by atoms with Crippen molar-refractivity contribution in [1.82, 2.24) is 10.2 Å². The molecule has 2 N–H and O–H groups in total. The second-order valence-corrected chi connectivity index (χ2v) is 5.34. The summed E-state index contributed by atoms with van der Waals surface area (Å²) < 4.78 is 0. The average molecular weight is 332 g/mol. The van der Waals surface area contributed by atoms with Crippen LogP contribution in [0.3, 0.4) is 0 Å². The fourth-order valence-corrected chi connectivity index (χ4v) is 2.29. The molecule has 0 heterocycles. The lowest BCUT2D eigenvalue weighted by Crippen LogP contribution is -2.41. The SMILES string of the molecule is CCNC(=O)CN(CC)CC(=O)Nc1cc(Cl)cc(Cl)c1. The van der Waals surface area contributed by atoms with E-state index in [1.165, 1.54) is 0 Å². The number of amides is 2. The summed E-state index contributed by atoms with van der Waals surface area (Å²) in [5.74, 6) is -0.322. The highest BCUT2D eigenvalue weighted by molar-refractivity contribution is 6.35. The van der Waals surface area contributed by atoms with Crippen LogP contribution in [0.25, 0.3) is 0 Å². The Morgan fingerprint density at radius 3 is 2.14 bits per heavy atom. The predicted molar refractivity (Wildman–Crippen MR) is 85.9 cm³/mol. The quantitative estimate of drug-likeness (QED) is 0.806. The minimum atomic E-state index is -0.223. The van der Waals surface area contributed by atoms with Crippen LogP contribution in [0.5, 0.6) is 0 Å². The summed E-state index contributed by atoms with van der Waals surface area (Å²) >= 11 is 11.7. The van der Waals surface area contributed by atoms with Crippen LogP contribution in [0.1, 0.15) is 13.8 Å². The summed E-state index contributed by atoms with van der Waals surface area (Å²) in [5.41, 5.74) is 0.534. The van der Waals surface area contributed by atoms with E-state index in [9.17, 15) is 9.59 Å². The van der Waals surface area contributed by atoms with Crippen LogP contribution in [0.4, 0.5) is 5.69 Å². The summed E-state index contributed by atoms with van der Waals surface area (Å²) in [4.78, 5) is 25.2. The number of halogens is 2. The maximum absolute atomic E-state index is 12.0. The number of nitrogens with one attached hydrogen (secondary N) is 2. The molecule has 0 aliphatic carbocycles. The van der Waals surface area contributed by atoms with Crippen molar-refractivity contribution in [3.05, 3.63) is 28.2 Å². The molecule has 0 bridgehead atoms. The first kappa shape index (κ1) is 17.8. The Labute approximate surface area is 134 Å². The van der Waals surface area contributed by atoms with Crippen LogP contribution in [0.15, 0.2) is 18.2 Å². The van der Waals surface area contributed by atoms with Gasteiger partial charge in [-0.25, -0.2) is 0 Å². The molecule has 0 spiro atoms. The van der Waals surface area contributed by atoms with E-state index in [-0.39, 0.29) is 24.9 Å². The highest BCUT2D eigenvalue weighted by atomic mass is 35.5. The normalized spacial score (nSPS) is 10.5. The molecule has 116 valence electrons. The lowest BCUT2D eigenvalue weighted by molar-refractivity contribution is -0.123. The second-order valence-electron chi connectivity index (χ2n) is 4.46. The van der Waals surface area contributed by atoms with Crippen LogP contribution in [-0.2, 0) is 9.59 Å². The van der Waals surface area contributed by atoms with Gasteiger partial charge in [-0.15, -0.1) is 0 Å². The van der Waals surface area contributed by atoms with Crippen LogP contribution in [0.2, 0.25) is 10.0 Å². The number of carbonyl (C=O) groups excluding carboxylic acids is 2. The van der Waals surface area contributed by atoms with Gasteiger partial charge >= 0.3 is 0 Å². The molecule has 0 saturated heterocycles. The summed E-state index contributed by atoms with van der Waals surface area (Å²) in [6, 6.07) is 4.82. The van der Waals surface area contributed by atoms with Gasteiger partial charge in [-0.2, -0.15) is 0 Å². The van der Waals surface area contributed by atoms with Crippen LogP contribution in [-0.4, -0.2) is 42.9 Å². The maximum atomic E-state index is 12.0. The van der Waals surface area contributed by atoms with E-state index >= 15 is 0 Å². The average Bonchev–Trinajstić information content (AvgIpc) is 2.36. The first-order valence-electron chi connectivity index (χ1n) is 6.69. The van der Waals surface area contributed by atoms with Crippen molar-refractivity contribution in [3.63, 3.8) is 0 Å². The molecule has 0 aromatic heterocycles. The lowest BCUT2D eigenvalue weighted by atomic mass is 10.3. The van der Waals surface area contributed by atoms with Crippen molar-refractivity contribution in [1.29, 1.82) is 0 Å². The minimum Gasteiger partial charge on any atom is -0.355 e. The third-order valence-corrected chi connectivity index (χ3v) is 3.14. The lowest BCUT2D eigenvalue weighted by Gasteiger charge is -2.19. The second kappa shape index (κ2) is 8.87. The Morgan fingerprint density at radius 1 is 1.05 bits per heavy atom. The van der Waals surface area contributed by atoms with Crippen molar-refractivity contribution >= 4 is 40.7 Å². The Morgan fingerprint density at radius 2 is 1.62 bits per heavy atom. The molecule has 0 fully saturated rings. The molecule has 0 atom stereocenters. The van der Waals surface area contributed by atoms with E-state index in [2.05, 4.69) is 10.6 Å². The third kappa shape index (κ3) is 6.80. The molecule has 5 nitrogen and oxygen atoms in total. The van der Waals surface area contributed by atoms with Gasteiger partial charge in [0.25, 0.3) is 0 Å². The van der Waals surface area contributed by atoms with Crippen molar-refractivity contribution < 1.29 is 9.59 Å². The first-order chi connectivity index (χ1) is 9.94. The molecular formula is C14H19Cl2N3O2. The molecule has 2 amide bonds. The molecular weight excluding hydrogens is 313 g/mol. The number of hydrogen-bond acceptors (Lipinski definition) is 3. The zero-order chi connectivity index (χ0) is 15.8. The number of anilines is 1. The Hall–Kier alpha value is -1.30. The minimum absolute atomic E-state index is 0.0991. The Balaban J connectivity index is 2.56. The van der Waals surface area contributed by atoms with Crippen LogP contribution < -0.4 is 10.6 Å². The molecule has 0 saturated carbocycles. The summed E-state index contributed by atoms with van der Waals surface area (Å²) in [6.45, 7) is 5.23. The fourth-order valence-electron chi connectivity index (χ4n) is 1.77. The van der Waals surface area contributed by atoms with E-state index < -0.39 is 0 Å². The summed E-state index contributed by atoms with van der Waals surface area (Å²) in [5, 5.41) is 6.32. The zero-order valence-electron chi connectivity index (χ0n) is 12.1. The number of rotatable bonds is 7. The Kier molecular flexibility index (Phi) is 7.50. The standard InChI is InChI=1S/C14H19Cl2N3O2/c1-3-17-13(20)8-19(4-2)9-14(21)18-12-6-10(15)5-11(16)7-12/h5-7H,3-4,8-9H2,1-2H3,(H,17,20)(H,18,21). The molecule has 1 aromatic carbocycles. The van der Waals surface area contributed by atoms with E-state index in [4.69, 9.17) is 23.2 Å². The van der Waals surface area contributed by atoms with Gasteiger partial charge in [0, 0.05) is 22.3 Å². The number of benzene rings is 1. The van der Waals surface area contributed by atoms with Gasteiger partial charge in [0.2, 0.25) is 11.8 Å². The molecule has 0 aliphatic heterocycles.